The number of rotatable bonds is 10. The minimum Gasteiger partial charge on any atom is -0.394 e. The Balaban J connectivity index is 1.91. The van der Waals surface area contributed by atoms with Crippen LogP contribution in [0.25, 0.3) is 0 Å². The Morgan fingerprint density at radius 1 is 0.975 bits per heavy atom. The van der Waals surface area contributed by atoms with Gasteiger partial charge in [0.15, 0.2) is 6.29 Å². The van der Waals surface area contributed by atoms with Crippen LogP contribution >= 0.6 is 0 Å². The molecule has 16 unspecified atom stereocenters. The maximum atomic E-state index is 12.5. The lowest BCUT2D eigenvalue weighted by Crippen LogP contribution is -2.71. The molecule has 16 atom stereocenters. The number of ether oxygens (including phenoxy) is 3. The number of nitrogens with one attached hydrogen (secondary N) is 2. The smallest absolute Gasteiger partial charge is 0.250 e. The second-order valence-corrected chi connectivity index (χ2v) is 10.6. The number of aliphatic hydroxyl groups excluding tert-OH is 8. The minimum absolute atomic E-state index is 0.0978. The molecule has 3 fully saturated rings. The summed E-state index contributed by atoms with van der Waals surface area (Å²) in [6.07, 6.45) is -17.6. The maximum absolute atomic E-state index is 12.5. The number of hydrogen-bond acceptors (Lipinski definition) is 16. The highest BCUT2D eigenvalue weighted by atomic mass is 16.7. The van der Waals surface area contributed by atoms with E-state index in [9.17, 15) is 45.6 Å². The van der Waals surface area contributed by atoms with E-state index < -0.39 is 117 Å². The van der Waals surface area contributed by atoms with Crippen LogP contribution in [0.1, 0.15) is 13.3 Å². The van der Waals surface area contributed by atoms with Crippen LogP contribution in [-0.4, -0.2) is 165 Å². The molecule has 2 saturated heterocycles. The number of carbonyl (C=O) groups excluding carboxylic acids is 1. The van der Waals surface area contributed by atoms with Crippen LogP contribution in [0.2, 0.25) is 0 Å². The molecule has 17 heteroatoms. The summed E-state index contributed by atoms with van der Waals surface area (Å²) in [5.74, 6) is -2.02. The van der Waals surface area contributed by atoms with E-state index in [2.05, 4.69) is 10.6 Å². The number of hydrogen-bond donors (Lipinski definition) is 13. The van der Waals surface area contributed by atoms with E-state index in [4.69, 9.17) is 31.4 Å². The summed E-state index contributed by atoms with van der Waals surface area (Å²) in [7, 11) is 0. The third kappa shape index (κ3) is 6.91. The van der Waals surface area contributed by atoms with Crippen molar-refractivity contribution in [2.45, 2.75) is 105 Å². The van der Waals surface area contributed by atoms with E-state index in [0.717, 1.165) is 0 Å². The lowest BCUT2D eigenvalue weighted by molar-refractivity contribution is -0.310. The van der Waals surface area contributed by atoms with Gasteiger partial charge in [-0.3, -0.25) is 4.79 Å². The molecule has 0 aromatic carbocycles. The lowest BCUT2D eigenvalue weighted by atomic mass is 9.72. The Morgan fingerprint density at radius 2 is 1.65 bits per heavy atom. The van der Waals surface area contributed by atoms with Gasteiger partial charge in [0.1, 0.15) is 48.8 Å². The average Bonchev–Trinajstić information content (AvgIpc) is 2.93. The van der Waals surface area contributed by atoms with Crippen LogP contribution in [0.15, 0.2) is 0 Å². The van der Waals surface area contributed by atoms with E-state index >= 15 is 0 Å². The molecule has 1 saturated carbocycles. The number of amides is 1. The molecule has 0 spiro atoms. The van der Waals surface area contributed by atoms with Crippen molar-refractivity contribution in [3.05, 3.63) is 0 Å². The summed E-state index contributed by atoms with van der Waals surface area (Å²) in [5, 5.41) is 89.1. The molecule has 0 aromatic rings. The first-order valence-corrected chi connectivity index (χ1v) is 13.4. The molecular formula is C23H45N5O12. The van der Waals surface area contributed by atoms with Crippen LogP contribution in [-0.2, 0) is 19.0 Å². The molecule has 40 heavy (non-hydrogen) atoms. The Morgan fingerprint density at radius 3 is 2.25 bits per heavy atom. The average molecular weight is 584 g/mol. The normalized spacial score (nSPS) is 47.0. The highest BCUT2D eigenvalue weighted by Gasteiger charge is 2.55. The first-order chi connectivity index (χ1) is 18.9. The fourth-order valence-corrected chi connectivity index (χ4v) is 5.57. The maximum Gasteiger partial charge on any atom is 0.250 e. The molecule has 234 valence electrons. The van der Waals surface area contributed by atoms with E-state index in [0.29, 0.717) is 6.54 Å². The molecule has 16 N–H and O–H groups in total. The van der Waals surface area contributed by atoms with Crippen LogP contribution in [0.5, 0.6) is 0 Å². The second-order valence-electron chi connectivity index (χ2n) is 10.6. The van der Waals surface area contributed by atoms with Crippen molar-refractivity contribution in [1.29, 1.82) is 0 Å². The summed E-state index contributed by atoms with van der Waals surface area (Å²) >= 11 is 0. The van der Waals surface area contributed by atoms with Gasteiger partial charge in [0, 0.05) is 25.0 Å². The van der Waals surface area contributed by atoms with Gasteiger partial charge in [-0.15, -0.1) is 0 Å². The van der Waals surface area contributed by atoms with Crippen molar-refractivity contribution in [3.63, 3.8) is 0 Å². The van der Waals surface area contributed by atoms with Crippen LogP contribution in [0, 0.1) is 5.92 Å². The third-order valence-corrected chi connectivity index (χ3v) is 7.95. The largest absolute Gasteiger partial charge is 0.394 e. The minimum atomic E-state index is -1.66. The molecule has 0 bridgehead atoms. The molecular weight excluding hydrogens is 538 g/mol. The third-order valence-electron chi connectivity index (χ3n) is 7.95. The SMILES string of the molecule is CCNCC1OC(C2C(N)CC(NC(=O)C(O)CN)C(OC3OC(CO)C(O)C(N)C3O)C2O)C(O)C(O)C1O. The van der Waals surface area contributed by atoms with Crippen molar-refractivity contribution in [2.75, 3.05) is 26.2 Å². The van der Waals surface area contributed by atoms with Crippen molar-refractivity contribution in [1.82, 2.24) is 10.6 Å². The number of aliphatic hydroxyl groups is 8. The fourth-order valence-electron chi connectivity index (χ4n) is 5.57. The Kier molecular flexibility index (Phi) is 12.0. The predicted octanol–water partition coefficient (Wildman–Crippen LogP) is -7.89. The van der Waals surface area contributed by atoms with Gasteiger partial charge in [-0.05, 0) is 13.0 Å². The first kappa shape index (κ1) is 33.4. The zero-order valence-corrected chi connectivity index (χ0v) is 22.2. The van der Waals surface area contributed by atoms with Gasteiger partial charge >= 0.3 is 0 Å². The molecule has 2 heterocycles. The van der Waals surface area contributed by atoms with Crippen LogP contribution in [0.4, 0.5) is 0 Å². The summed E-state index contributed by atoms with van der Waals surface area (Å²) in [4.78, 5) is 12.5. The van der Waals surface area contributed by atoms with Gasteiger partial charge in [0.2, 0.25) is 5.91 Å². The topological polar surface area (TPSA) is 309 Å². The molecule has 17 nitrogen and oxygen atoms in total. The number of nitrogens with two attached hydrogens (primary N) is 3. The molecule has 1 aliphatic carbocycles. The quantitative estimate of drug-likeness (QED) is 0.113. The monoisotopic (exact) mass is 583 g/mol. The van der Waals surface area contributed by atoms with Gasteiger partial charge in [-0.2, -0.15) is 0 Å². The highest BCUT2D eigenvalue weighted by molar-refractivity contribution is 5.81. The Bertz CT molecular complexity index is 816. The standard InChI is InChI=1S/C23H45N5O12/c1-2-27-5-10-15(32)18(35)19(36)21(38-10)12-7(25)3-8(28-22(37)9(30)4-24)20(16(12)33)40-23-17(34)13(26)14(31)11(6-29)39-23/h7-21,23,27,29-36H,2-6,24-26H2,1H3,(H,28,37). The predicted molar refractivity (Wildman–Crippen MR) is 135 cm³/mol. The zero-order valence-electron chi connectivity index (χ0n) is 22.2. The van der Waals surface area contributed by atoms with E-state index in [1.54, 1.807) is 0 Å². The summed E-state index contributed by atoms with van der Waals surface area (Å²) in [6.45, 7) is 1.41. The summed E-state index contributed by atoms with van der Waals surface area (Å²) in [6, 6.07) is -3.35. The van der Waals surface area contributed by atoms with Gasteiger partial charge in [-0.25, -0.2) is 0 Å². The van der Waals surface area contributed by atoms with E-state index in [1.165, 1.54) is 0 Å². The molecule has 3 rings (SSSR count). The van der Waals surface area contributed by atoms with E-state index in [-0.39, 0.29) is 13.0 Å². The molecule has 3 aliphatic rings. The van der Waals surface area contributed by atoms with Crippen molar-refractivity contribution >= 4 is 5.91 Å². The Labute approximate surface area is 231 Å². The van der Waals surface area contributed by atoms with Gasteiger partial charge in [0.25, 0.3) is 0 Å². The van der Waals surface area contributed by atoms with Crippen molar-refractivity contribution < 1.29 is 59.9 Å². The first-order valence-electron chi connectivity index (χ1n) is 13.4. The van der Waals surface area contributed by atoms with Gasteiger partial charge in [0.05, 0.1) is 37.0 Å². The summed E-state index contributed by atoms with van der Waals surface area (Å²) in [5.41, 5.74) is 17.7. The van der Waals surface area contributed by atoms with Crippen molar-refractivity contribution in [3.8, 4) is 0 Å². The van der Waals surface area contributed by atoms with Crippen LogP contribution < -0.4 is 27.8 Å². The molecule has 0 aromatic heterocycles. The number of carbonyl (C=O) groups is 1. The lowest BCUT2D eigenvalue weighted by Gasteiger charge is -2.52. The Hall–Kier alpha value is -1.13. The zero-order chi connectivity index (χ0) is 29.9. The van der Waals surface area contributed by atoms with E-state index in [1.807, 2.05) is 6.92 Å². The van der Waals surface area contributed by atoms with Crippen LogP contribution in [0.3, 0.4) is 0 Å². The molecule has 0 radical (unpaired) electrons. The number of likely N-dealkylation sites (N-methyl/N-ethyl adjacent to an activating group) is 1. The molecule has 1 amide bonds. The van der Waals surface area contributed by atoms with Gasteiger partial charge < -0.3 is 82.9 Å². The fraction of sp³-hybridized carbons (Fsp3) is 0.957. The summed E-state index contributed by atoms with van der Waals surface area (Å²) < 4.78 is 17.3. The van der Waals surface area contributed by atoms with Gasteiger partial charge in [-0.1, -0.05) is 6.92 Å². The highest BCUT2D eigenvalue weighted by Crippen LogP contribution is 2.37. The van der Waals surface area contributed by atoms with Crippen molar-refractivity contribution in [2.24, 2.45) is 23.1 Å². The molecule has 2 aliphatic heterocycles. The second kappa shape index (κ2) is 14.4.